The number of aliphatic carboxylic acids is 1. The van der Waals surface area contributed by atoms with Crippen molar-refractivity contribution < 1.29 is 14.7 Å². The van der Waals surface area contributed by atoms with Gasteiger partial charge in [-0.3, -0.25) is 14.5 Å². The summed E-state index contributed by atoms with van der Waals surface area (Å²) in [7, 11) is 0. The van der Waals surface area contributed by atoms with Crippen LogP contribution in [0.5, 0.6) is 0 Å². The Hall–Kier alpha value is -1.88. The number of carboxylic acid groups (broad SMARTS) is 1. The zero-order valence-electron chi connectivity index (χ0n) is 11.3. The van der Waals surface area contributed by atoms with E-state index in [-0.39, 0.29) is 11.8 Å². The van der Waals surface area contributed by atoms with Gasteiger partial charge in [0.2, 0.25) is 5.91 Å². The molecule has 1 aromatic rings. The molecule has 1 saturated heterocycles. The smallest absolute Gasteiger partial charge is 0.306 e. The minimum atomic E-state index is -0.674. The highest BCUT2D eigenvalue weighted by atomic mass is 16.4. The van der Waals surface area contributed by atoms with Gasteiger partial charge in [0.25, 0.3) is 0 Å². The van der Waals surface area contributed by atoms with E-state index in [1.54, 1.807) is 0 Å². The highest BCUT2D eigenvalue weighted by Crippen LogP contribution is 2.25. The summed E-state index contributed by atoms with van der Waals surface area (Å²) >= 11 is 0. The quantitative estimate of drug-likeness (QED) is 0.876. The van der Waals surface area contributed by atoms with Crippen LogP contribution in [0.25, 0.3) is 0 Å². The average molecular weight is 274 g/mol. The van der Waals surface area contributed by atoms with Gasteiger partial charge >= 0.3 is 5.97 Å². The second-order valence-corrected chi connectivity index (χ2v) is 5.61. The molecule has 2 aliphatic heterocycles. The summed E-state index contributed by atoms with van der Waals surface area (Å²) in [5, 5.41) is 11.8. The molecular weight excluding hydrogens is 256 g/mol. The molecule has 0 saturated carbocycles. The van der Waals surface area contributed by atoms with Crippen molar-refractivity contribution in [2.24, 2.45) is 5.92 Å². The normalized spacial score (nSPS) is 19.7. The SMILES string of the molecule is O=C1Cc2cc(CN3CCC(C(=O)O)CC3)ccc2N1. The van der Waals surface area contributed by atoms with Crippen molar-refractivity contribution in [3.8, 4) is 0 Å². The molecule has 0 unspecified atom stereocenters. The van der Waals surface area contributed by atoms with Crippen molar-refractivity contribution in [1.29, 1.82) is 0 Å². The van der Waals surface area contributed by atoms with Crippen LogP contribution in [0.2, 0.25) is 0 Å². The first-order valence-corrected chi connectivity index (χ1v) is 6.98. The lowest BCUT2D eigenvalue weighted by Gasteiger charge is -2.30. The van der Waals surface area contributed by atoms with Crippen molar-refractivity contribution in [3.05, 3.63) is 29.3 Å². The fourth-order valence-corrected chi connectivity index (χ4v) is 2.98. The third-order valence-corrected chi connectivity index (χ3v) is 4.14. The Balaban J connectivity index is 1.61. The molecule has 20 heavy (non-hydrogen) atoms. The van der Waals surface area contributed by atoms with Crippen LogP contribution in [-0.4, -0.2) is 35.0 Å². The van der Waals surface area contributed by atoms with E-state index in [1.807, 2.05) is 12.1 Å². The lowest BCUT2D eigenvalue weighted by molar-refractivity contribution is -0.143. The van der Waals surface area contributed by atoms with Crippen LogP contribution >= 0.6 is 0 Å². The van der Waals surface area contributed by atoms with Gasteiger partial charge in [-0.25, -0.2) is 0 Å². The molecule has 5 nitrogen and oxygen atoms in total. The third-order valence-electron chi connectivity index (χ3n) is 4.14. The van der Waals surface area contributed by atoms with Gasteiger partial charge in [-0.05, 0) is 43.1 Å². The van der Waals surface area contributed by atoms with Gasteiger partial charge in [-0.2, -0.15) is 0 Å². The maximum absolute atomic E-state index is 11.3. The van der Waals surface area contributed by atoms with E-state index in [2.05, 4.69) is 16.3 Å². The van der Waals surface area contributed by atoms with Gasteiger partial charge in [0.05, 0.1) is 12.3 Å². The number of amides is 1. The van der Waals surface area contributed by atoms with Crippen LogP contribution in [0.15, 0.2) is 18.2 Å². The number of nitrogens with one attached hydrogen (secondary N) is 1. The predicted octanol–water partition coefficient (Wildman–Crippen LogP) is 1.48. The third kappa shape index (κ3) is 2.67. The summed E-state index contributed by atoms with van der Waals surface area (Å²) < 4.78 is 0. The number of nitrogens with zero attached hydrogens (tertiary/aromatic N) is 1. The lowest BCUT2D eigenvalue weighted by atomic mass is 9.96. The fourth-order valence-electron chi connectivity index (χ4n) is 2.98. The van der Waals surface area contributed by atoms with E-state index in [1.165, 1.54) is 5.56 Å². The summed E-state index contributed by atoms with van der Waals surface area (Å²) in [6.45, 7) is 2.48. The molecule has 2 aliphatic rings. The minimum absolute atomic E-state index is 0.0550. The van der Waals surface area contributed by atoms with Gasteiger partial charge in [0.1, 0.15) is 0 Å². The molecule has 2 N–H and O–H groups in total. The van der Waals surface area contributed by atoms with Gasteiger partial charge < -0.3 is 10.4 Å². The van der Waals surface area contributed by atoms with E-state index in [9.17, 15) is 9.59 Å². The van der Waals surface area contributed by atoms with E-state index in [4.69, 9.17) is 5.11 Å². The largest absolute Gasteiger partial charge is 0.481 e. The van der Waals surface area contributed by atoms with Crippen LogP contribution in [0.4, 0.5) is 5.69 Å². The van der Waals surface area contributed by atoms with Crippen molar-refractivity contribution in [2.45, 2.75) is 25.8 Å². The summed E-state index contributed by atoms with van der Waals surface area (Å²) in [6.07, 6.45) is 1.91. The zero-order chi connectivity index (χ0) is 14.1. The number of rotatable bonds is 3. The zero-order valence-corrected chi connectivity index (χ0v) is 11.3. The van der Waals surface area contributed by atoms with Crippen LogP contribution in [-0.2, 0) is 22.6 Å². The van der Waals surface area contributed by atoms with Gasteiger partial charge in [0.15, 0.2) is 0 Å². The molecule has 2 heterocycles. The van der Waals surface area contributed by atoms with Crippen molar-refractivity contribution in [1.82, 2.24) is 4.90 Å². The Morgan fingerprint density at radius 3 is 2.80 bits per heavy atom. The average Bonchev–Trinajstić information content (AvgIpc) is 2.78. The van der Waals surface area contributed by atoms with Crippen molar-refractivity contribution in [2.75, 3.05) is 18.4 Å². The number of carbonyl (C=O) groups excluding carboxylic acids is 1. The van der Waals surface area contributed by atoms with Crippen molar-refractivity contribution >= 4 is 17.6 Å². The highest BCUT2D eigenvalue weighted by Gasteiger charge is 2.24. The standard InChI is InChI=1S/C15H18N2O3/c18-14-8-12-7-10(1-2-13(12)16-14)9-17-5-3-11(4-6-17)15(19)20/h1-2,7,11H,3-6,8-9H2,(H,16,18)(H,19,20). The number of piperidine rings is 1. The topological polar surface area (TPSA) is 69.6 Å². The van der Waals surface area contributed by atoms with E-state index in [0.717, 1.165) is 43.7 Å². The number of benzene rings is 1. The van der Waals surface area contributed by atoms with Gasteiger partial charge in [-0.1, -0.05) is 12.1 Å². The van der Waals surface area contributed by atoms with Crippen molar-refractivity contribution in [3.63, 3.8) is 0 Å². The molecule has 1 amide bonds. The summed E-state index contributed by atoms with van der Waals surface area (Å²) in [4.78, 5) is 24.5. The maximum atomic E-state index is 11.3. The molecule has 0 aliphatic carbocycles. The second kappa shape index (κ2) is 5.25. The summed E-state index contributed by atoms with van der Waals surface area (Å²) in [5.41, 5.74) is 3.17. The molecule has 0 bridgehead atoms. The van der Waals surface area contributed by atoms with E-state index < -0.39 is 5.97 Å². The molecule has 0 radical (unpaired) electrons. The monoisotopic (exact) mass is 274 g/mol. The van der Waals surface area contributed by atoms with Crippen LogP contribution in [0, 0.1) is 5.92 Å². The Kier molecular flexibility index (Phi) is 3.44. The van der Waals surface area contributed by atoms with Crippen LogP contribution < -0.4 is 5.32 Å². The Labute approximate surface area is 117 Å². The molecule has 0 spiro atoms. The number of anilines is 1. The molecule has 1 fully saturated rings. The number of hydrogen-bond acceptors (Lipinski definition) is 3. The number of hydrogen-bond donors (Lipinski definition) is 2. The Morgan fingerprint density at radius 1 is 1.35 bits per heavy atom. The Morgan fingerprint density at radius 2 is 2.10 bits per heavy atom. The Bertz CT molecular complexity index is 548. The highest BCUT2D eigenvalue weighted by molar-refractivity contribution is 5.99. The number of likely N-dealkylation sites (tertiary alicyclic amines) is 1. The first-order valence-electron chi connectivity index (χ1n) is 6.98. The molecule has 1 aromatic carbocycles. The molecule has 5 heteroatoms. The first kappa shape index (κ1) is 13.1. The van der Waals surface area contributed by atoms with E-state index in [0.29, 0.717) is 6.42 Å². The summed E-state index contributed by atoms with van der Waals surface area (Å²) in [5.74, 6) is -0.806. The second-order valence-electron chi connectivity index (χ2n) is 5.61. The minimum Gasteiger partial charge on any atom is -0.481 e. The molecule has 0 atom stereocenters. The number of carbonyl (C=O) groups is 2. The van der Waals surface area contributed by atoms with E-state index >= 15 is 0 Å². The van der Waals surface area contributed by atoms with Crippen LogP contribution in [0.3, 0.4) is 0 Å². The molecule has 3 rings (SSSR count). The predicted molar refractivity (Wildman–Crippen MR) is 74.4 cm³/mol. The van der Waals surface area contributed by atoms with Gasteiger partial charge in [0, 0.05) is 12.2 Å². The maximum Gasteiger partial charge on any atom is 0.306 e. The number of fused-ring (bicyclic) bond motifs is 1. The lowest BCUT2D eigenvalue weighted by Crippen LogP contribution is -2.35. The molecule has 0 aromatic heterocycles. The summed E-state index contributed by atoms with van der Waals surface area (Å²) in [6, 6.07) is 6.07. The number of carboxylic acids is 1. The fraction of sp³-hybridized carbons (Fsp3) is 0.467. The first-order chi connectivity index (χ1) is 9.61. The molecular formula is C15H18N2O3. The van der Waals surface area contributed by atoms with Crippen LogP contribution in [0.1, 0.15) is 24.0 Å². The molecule has 106 valence electrons. The van der Waals surface area contributed by atoms with Gasteiger partial charge in [-0.15, -0.1) is 0 Å².